The van der Waals surface area contributed by atoms with Gasteiger partial charge in [0.25, 0.3) is 0 Å². The van der Waals surface area contributed by atoms with E-state index in [0.29, 0.717) is 12.6 Å². The maximum absolute atomic E-state index is 5.61. The molecule has 0 bridgehead atoms. The summed E-state index contributed by atoms with van der Waals surface area (Å²) in [6.07, 6.45) is 6.15. The van der Waals surface area contributed by atoms with Gasteiger partial charge in [0.05, 0.1) is 15.6 Å². The summed E-state index contributed by atoms with van der Waals surface area (Å²) in [5.74, 6) is 0.888. The van der Waals surface area contributed by atoms with Crippen LogP contribution in [0.2, 0.25) is 0 Å². The smallest absolute Gasteiger partial charge is 0.147 e. The molecule has 1 N–H and O–H groups in total. The lowest BCUT2D eigenvalue weighted by molar-refractivity contribution is 0.336. The van der Waals surface area contributed by atoms with Crippen molar-refractivity contribution in [3.8, 4) is 5.75 Å². The van der Waals surface area contributed by atoms with Crippen LogP contribution < -0.4 is 10.1 Å². The van der Waals surface area contributed by atoms with Crippen molar-refractivity contribution in [1.29, 1.82) is 0 Å². The second kappa shape index (κ2) is 8.06. The van der Waals surface area contributed by atoms with E-state index in [4.69, 9.17) is 4.74 Å². The molecular formula is C15H21Br2NOS. The molecule has 0 heterocycles. The molecular weight excluding hydrogens is 402 g/mol. The molecule has 1 aliphatic rings. The van der Waals surface area contributed by atoms with Crippen LogP contribution in [0.25, 0.3) is 0 Å². The number of benzene rings is 1. The molecule has 0 radical (unpaired) electrons. The molecule has 112 valence electrons. The Balaban J connectivity index is 1.93. The van der Waals surface area contributed by atoms with Crippen molar-refractivity contribution in [2.24, 2.45) is 0 Å². The first-order chi connectivity index (χ1) is 9.63. The number of rotatable bonds is 6. The van der Waals surface area contributed by atoms with E-state index in [1.54, 1.807) is 0 Å². The van der Waals surface area contributed by atoms with Crippen molar-refractivity contribution in [1.82, 2.24) is 5.32 Å². The summed E-state index contributed by atoms with van der Waals surface area (Å²) in [6, 6.07) is 4.95. The molecule has 0 aliphatic heterocycles. The molecule has 1 aromatic rings. The van der Waals surface area contributed by atoms with Crippen LogP contribution >= 0.6 is 43.6 Å². The Kier molecular flexibility index (Phi) is 6.72. The largest absolute Gasteiger partial charge is 0.492 e. The van der Waals surface area contributed by atoms with Crippen LogP contribution in [0.3, 0.4) is 0 Å². The zero-order chi connectivity index (χ0) is 14.5. The lowest BCUT2D eigenvalue weighted by atomic mass is 10.2. The predicted octanol–water partition coefficient (Wildman–Crippen LogP) is 4.98. The van der Waals surface area contributed by atoms with Crippen LogP contribution in [0.4, 0.5) is 0 Å². The first-order valence-corrected chi connectivity index (χ1v) is 9.88. The van der Waals surface area contributed by atoms with Gasteiger partial charge >= 0.3 is 0 Å². The molecule has 2 unspecified atom stereocenters. The number of ether oxygens (including phenoxy) is 1. The Morgan fingerprint density at radius 3 is 2.55 bits per heavy atom. The first kappa shape index (κ1) is 16.7. The van der Waals surface area contributed by atoms with E-state index in [1.165, 1.54) is 24.8 Å². The Bertz CT molecular complexity index is 432. The molecule has 1 aliphatic carbocycles. The van der Waals surface area contributed by atoms with Crippen molar-refractivity contribution < 1.29 is 4.74 Å². The Hall–Kier alpha value is 0.290. The van der Waals surface area contributed by atoms with E-state index in [2.05, 4.69) is 55.6 Å². The van der Waals surface area contributed by atoms with E-state index in [0.717, 1.165) is 26.5 Å². The topological polar surface area (TPSA) is 21.3 Å². The molecule has 2 atom stereocenters. The molecule has 2 rings (SSSR count). The minimum Gasteiger partial charge on any atom is -0.492 e. The highest BCUT2D eigenvalue weighted by Gasteiger charge is 2.23. The second-order valence-electron chi connectivity index (χ2n) is 5.07. The summed E-state index contributed by atoms with van der Waals surface area (Å²) < 4.78 is 7.64. The lowest BCUT2D eigenvalue weighted by Crippen LogP contribution is -2.26. The average molecular weight is 423 g/mol. The molecule has 1 fully saturated rings. The minimum atomic E-state index is 0.663. The molecule has 0 saturated heterocycles. The van der Waals surface area contributed by atoms with Crippen LogP contribution in [0, 0.1) is 0 Å². The number of halogens is 2. The summed E-state index contributed by atoms with van der Waals surface area (Å²) >= 11 is 9.17. The fourth-order valence-corrected chi connectivity index (χ4v) is 4.91. The summed E-state index contributed by atoms with van der Waals surface area (Å²) in [7, 11) is 0. The van der Waals surface area contributed by atoms with Gasteiger partial charge in [-0.15, -0.1) is 0 Å². The highest BCUT2D eigenvalue weighted by molar-refractivity contribution is 9.11. The highest BCUT2D eigenvalue weighted by Crippen LogP contribution is 2.35. The Morgan fingerprint density at radius 2 is 2.00 bits per heavy atom. The van der Waals surface area contributed by atoms with Crippen molar-refractivity contribution in [3.63, 3.8) is 0 Å². The van der Waals surface area contributed by atoms with Gasteiger partial charge in [-0.1, -0.05) is 0 Å². The van der Waals surface area contributed by atoms with E-state index in [-0.39, 0.29) is 0 Å². The van der Waals surface area contributed by atoms with Crippen molar-refractivity contribution in [3.05, 3.63) is 26.6 Å². The lowest BCUT2D eigenvalue weighted by Gasteiger charge is -2.15. The standard InChI is InChI=1S/C15H21Br2NOS/c1-3-19-15-13(16)6-10(7-14(15)17)9-18-11-4-5-12(8-11)20-2/h6-7,11-12,18H,3-5,8-9H2,1-2H3. The summed E-state index contributed by atoms with van der Waals surface area (Å²) in [4.78, 5) is 0. The van der Waals surface area contributed by atoms with Gasteiger partial charge in [0.1, 0.15) is 5.75 Å². The number of thioether (sulfide) groups is 1. The zero-order valence-electron chi connectivity index (χ0n) is 11.9. The highest BCUT2D eigenvalue weighted by atomic mass is 79.9. The minimum absolute atomic E-state index is 0.663. The normalized spacial score (nSPS) is 22.2. The van der Waals surface area contributed by atoms with E-state index in [9.17, 15) is 0 Å². The van der Waals surface area contributed by atoms with Crippen LogP contribution in [0.15, 0.2) is 21.1 Å². The fourth-order valence-electron chi connectivity index (χ4n) is 2.60. The molecule has 20 heavy (non-hydrogen) atoms. The third-order valence-corrected chi connectivity index (χ3v) is 5.93. The number of nitrogens with one attached hydrogen (secondary N) is 1. The third kappa shape index (κ3) is 4.39. The quantitative estimate of drug-likeness (QED) is 0.697. The number of hydrogen-bond acceptors (Lipinski definition) is 3. The average Bonchev–Trinajstić information content (AvgIpc) is 2.88. The summed E-state index contributed by atoms with van der Waals surface area (Å²) in [5.41, 5.74) is 1.28. The molecule has 1 aromatic carbocycles. The van der Waals surface area contributed by atoms with Gasteiger partial charge in [0.2, 0.25) is 0 Å². The Labute approximate surface area is 142 Å². The van der Waals surface area contributed by atoms with Gasteiger partial charge in [-0.3, -0.25) is 0 Å². The second-order valence-corrected chi connectivity index (χ2v) is 7.92. The van der Waals surface area contributed by atoms with E-state index in [1.807, 2.05) is 18.7 Å². The van der Waals surface area contributed by atoms with Gasteiger partial charge in [0.15, 0.2) is 0 Å². The maximum atomic E-state index is 5.61. The molecule has 2 nitrogen and oxygen atoms in total. The van der Waals surface area contributed by atoms with Gasteiger partial charge in [-0.25, -0.2) is 0 Å². The predicted molar refractivity (Wildman–Crippen MR) is 94.8 cm³/mol. The number of hydrogen-bond donors (Lipinski definition) is 1. The molecule has 0 spiro atoms. The van der Waals surface area contributed by atoms with Gasteiger partial charge < -0.3 is 10.1 Å². The van der Waals surface area contributed by atoms with Crippen molar-refractivity contribution in [2.45, 2.75) is 44.0 Å². The SMILES string of the molecule is CCOc1c(Br)cc(CNC2CCC(SC)C2)cc1Br. The fraction of sp³-hybridized carbons (Fsp3) is 0.600. The first-order valence-electron chi connectivity index (χ1n) is 7.01. The summed E-state index contributed by atoms with van der Waals surface area (Å²) in [5, 5.41) is 4.51. The molecule has 5 heteroatoms. The third-order valence-electron chi connectivity index (χ3n) is 3.66. The van der Waals surface area contributed by atoms with E-state index >= 15 is 0 Å². The Morgan fingerprint density at radius 1 is 1.30 bits per heavy atom. The zero-order valence-corrected chi connectivity index (χ0v) is 15.9. The molecule has 0 aromatic heterocycles. The maximum Gasteiger partial charge on any atom is 0.147 e. The van der Waals surface area contributed by atoms with Crippen molar-refractivity contribution in [2.75, 3.05) is 12.9 Å². The summed E-state index contributed by atoms with van der Waals surface area (Å²) in [6.45, 7) is 3.58. The van der Waals surface area contributed by atoms with Crippen LogP contribution in [-0.2, 0) is 6.54 Å². The van der Waals surface area contributed by atoms with Gasteiger partial charge in [0, 0.05) is 17.8 Å². The van der Waals surface area contributed by atoms with E-state index < -0.39 is 0 Å². The van der Waals surface area contributed by atoms with Crippen LogP contribution in [-0.4, -0.2) is 24.2 Å². The van der Waals surface area contributed by atoms with Crippen molar-refractivity contribution >= 4 is 43.6 Å². The molecule has 0 amide bonds. The monoisotopic (exact) mass is 421 g/mol. The molecule has 1 saturated carbocycles. The van der Waals surface area contributed by atoms with Gasteiger partial charge in [-0.2, -0.15) is 11.8 Å². The van der Waals surface area contributed by atoms with Gasteiger partial charge in [-0.05, 0) is 82.0 Å². The van der Waals surface area contributed by atoms with Crippen LogP contribution in [0.5, 0.6) is 5.75 Å². The van der Waals surface area contributed by atoms with Crippen LogP contribution in [0.1, 0.15) is 31.7 Å².